The molecular formula is C16H11F2NO2S. The van der Waals surface area contributed by atoms with E-state index in [2.05, 4.69) is 10.1 Å². The van der Waals surface area contributed by atoms with Crippen LogP contribution in [-0.2, 0) is 4.79 Å². The van der Waals surface area contributed by atoms with Crippen LogP contribution in [-0.4, -0.2) is 12.5 Å². The van der Waals surface area contributed by atoms with E-state index >= 15 is 0 Å². The first-order chi connectivity index (χ1) is 10.6. The molecule has 1 N–H and O–H groups in total. The van der Waals surface area contributed by atoms with E-state index in [1.165, 1.54) is 12.1 Å². The van der Waals surface area contributed by atoms with E-state index in [0.29, 0.717) is 11.3 Å². The minimum atomic E-state index is -2.85. The summed E-state index contributed by atoms with van der Waals surface area (Å²) in [6.07, 6.45) is 3.55. The highest BCUT2D eigenvalue weighted by Crippen LogP contribution is 2.25. The highest BCUT2D eigenvalue weighted by molar-refractivity contribution is 7.10. The molecule has 0 bridgehead atoms. The lowest BCUT2D eigenvalue weighted by Crippen LogP contribution is -2.15. The van der Waals surface area contributed by atoms with Crippen LogP contribution >= 0.6 is 11.3 Å². The van der Waals surface area contributed by atoms with Gasteiger partial charge in [0.2, 0.25) is 0 Å². The molecule has 0 saturated carbocycles. The average molecular weight is 319 g/mol. The summed E-state index contributed by atoms with van der Waals surface area (Å²) >= 11 is 1.54. The summed E-state index contributed by atoms with van der Waals surface area (Å²) < 4.78 is 28.5. The second kappa shape index (κ2) is 6.11. The molecule has 2 aromatic rings. The first-order valence-corrected chi connectivity index (χ1v) is 7.33. The van der Waals surface area contributed by atoms with Crippen LogP contribution in [0.15, 0.2) is 53.4 Å². The summed E-state index contributed by atoms with van der Waals surface area (Å²) in [4.78, 5) is 12.9. The maximum atomic E-state index is 12.1. The van der Waals surface area contributed by atoms with E-state index in [4.69, 9.17) is 0 Å². The largest absolute Gasteiger partial charge is 0.435 e. The van der Waals surface area contributed by atoms with Crippen molar-refractivity contribution in [3.8, 4) is 5.75 Å². The molecule has 0 fully saturated rings. The number of nitrogens with one attached hydrogen (secondary N) is 1. The van der Waals surface area contributed by atoms with Gasteiger partial charge in [0.15, 0.2) is 0 Å². The van der Waals surface area contributed by atoms with E-state index in [0.717, 1.165) is 10.4 Å². The van der Waals surface area contributed by atoms with Crippen LogP contribution in [0.2, 0.25) is 0 Å². The Morgan fingerprint density at radius 2 is 1.95 bits per heavy atom. The number of thiophene rings is 1. The average Bonchev–Trinajstić information content (AvgIpc) is 3.10. The lowest BCUT2D eigenvalue weighted by Gasteiger charge is -2.06. The molecule has 0 atom stereocenters. The number of carbonyl (C=O) groups excluding carboxylic acids is 1. The van der Waals surface area contributed by atoms with Crippen molar-refractivity contribution in [2.45, 2.75) is 6.61 Å². The minimum Gasteiger partial charge on any atom is -0.435 e. The summed E-state index contributed by atoms with van der Waals surface area (Å²) in [7, 11) is 0. The first-order valence-electron chi connectivity index (χ1n) is 6.45. The number of hydrogen-bond donors (Lipinski definition) is 1. The van der Waals surface area contributed by atoms with Crippen molar-refractivity contribution in [1.82, 2.24) is 5.32 Å². The number of ether oxygens (including phenoxy) is 1. The zero-order chi connectivity index (χ0) is 15.5. The van der Waals surface area contributed by atoms with Crippen LogP contribution in [0.3, 0.4) is 0 Å². The van der Waals surface area contributed by atoms with Gasteiger partial charge in [-0.25, -0.2) is 0 Å². The van der Waals surface area contributed by atoms with Gasteiger partial charge in [-0.05, 0) is 53.4 Å². The molecule has 1 aliphatic rings. The Labute approximate surface area is 129 Å². The van der Waals surface area contributed by atoms with Crippen molar-refractivity contribution in [2.24, 2.45) is 0 Å². The van der Waals surface area contributed by atoms with Crippen molar-refractivity contribution in [1.29, 1.82) is 0 Å². The smallest absolute Gasteiger partial charge is 0.387 e. The fourth-order valence-corrected chi connectivity index (χ4v) is 2.72. The molecule has 1 aliphatic heterocycles. The van der Waals surface area contributed by atoms with E-state index in [1.807, 2.05) is 17.5 Å². The van der Waals surface area contributed by atoms with E-state index < -0.39 is 6.61 Å². The fraction of sp³-hybridized carbons (Fsp3) is 0.0625. The number of halogens is 2. The zero-order valence-electron chi connectivity index (χ0n) is 11.3. The van der Waals surface area contributed by atoms with Crippen LogP contribution in [0.1, 0.15) is 10.4 Å². The molecule has 112 valence electrons. The Kier molecular flexibility index (Phi) is 4.02. The third kappa shape index (κ3) is 3.23. The number of hydrogen-bond acceptors (Lipinski definition) is 3. The summed E-state index contributed by atoms with van der Waals surface area (Å²) in [6.45, 7) is -2.85. The number of rotatable bonds is 4. The molecule has 3 rings (SSSR count). The van der Waals surface area contributed by atoms with Crippen LogP contribution in [0.25, 0.3) is 11.8 Å². The van der Waals surface area contributed by atoms with Gasteiger partial charge in [-0.15, -0.1) is 11.3 Å². The normalized spacial score (nSPS) is 16.0. The van der Waals surface area contributed by atoms with E-state index in [9.17, 15) is 13.6 Å². The van der Waals surface area contributed by atoms with Gasteiger partial charge in [-0.3, -0.25) is 4.79 Å². The maximum Gasteiger partial charge on any atom is 0.387 e. The zero-order valence-corrected chi connectivity index (χ0v) is 12.1. The molecule has 1 amide bonds. The molecule has 0 saturated heterocycles. The van der Waals surface area contributed by atoms with Gasteiger partial charge in [0.05, 0.1) is 0 Å². The molecule has 6 heteroatoms. The van der Waals surface area contributed by atoms with Crippen LogP contribution in [0.4, 0.5) is 8.78 Å². The predicted molar refractivity (Wildman–Crippen MR) is 81.5 cm³/mol. The topological polar surface area (TPSA) is 38.3 Å². The van der Waals surface area contributed by atoms with Crippen LogP contribution < -0.4 is 10.1 Å². The van der Waals surface area contributed by atoms with Crippen molar-refractivity contribution in [3.05, 3.63) is 63.9 Å². The Morgan fingerprint density at radius 3 is 2.59 bits per heavy atom. The van der Waals surface area contributed by atoms with Gasteiger partial charge in [0.25, 0.3) is 5.91 Å². The lowest BCUT2D eigenvalue weighted by atomic mass is 10.1. The first kappa shape index (κ1) is 14.5. The van der Waals surface area contributed by atoms with Gasteiger partial charge < -0.3 is 10.1 Å². The summed E-state index contributed by atoms with van der Waals surface area (Å²) in [6, 6.07) is 9.96. The second-order valence-corrected chi connectivity index (χ2v) is 5.51. The SMILES string of the molecule is O=C1NC(c2ccc(OC(F)F)cc2)=CC1=Cc1cccs1. The van der Waals surface area contributed by atoms with Crippen molar-refractivity contribution in [2.75, 3.05) is 0 Å². The molecule has 2 heterocycles. The monoisotopic (exact) mass is 319 g/mol. The molecule has 1 aromatic heterocycles. The van der Waals surface area contributed by atoms with Gasteiger partial charge in [-0.1, -0.05) is 6.07 Å². The summed E-state index contributed by atoms with van der Waals surface area (Å²) in [5, 5.41) is 4.70. The standard InChI is InChI=1S/C16H11F2NO2S/c17-16(18)21-12-5-3-10(4-6-12)14-9-11(15(20)19-14)8-13-2-1-7-22-13/h1-9,16H,(H,19,20). The van der Waals surface area contributed by atoms with Crippen LogP contribution in [0.5, 0.6) is 5.75 Å². The maximum absolute atomic E-state index is 12.1. The van der Waals surface area contributed by atoms with Gasteiger partial charge in [-0.2, -0.15) is 8.78 Å². The summed E-state index contributed by atoms with van der Waals surface area (Å²) in [5.74, 6) is -0.102. The number of benzene rings is 1. The Morgan fingerprint density at radius 1 is 1.18 bits per heavy atom. The molecule has 0 radical (unpaired) electrons. The molecule has 1 aromatic carbocycles. The highest BCUT2D eigenvalue weighted by Gasteiger charge is 2.19. The molecule has 0 aliphatic carbocycles. The van der Waals surface area contributed by atoms with E-state index in [-0.39, 0.29) is 11.7 Å². The third-order valence-corrected chi connectivity index (χ3v) is 3.86. The minimum absolute atomic E-state index is 0.0815. The fourth-order valence-electron chi connectivity index (χ4n) is 2.06. The van der Waals surface area contributed by atoms with Gasteiger partial charge in [0, 0.05) is 16.1 Å². The Bertz CT molecular complexity index is 734. The Balaban J connectivity index is 1.82. The second-order valence-electron chi connectivity index (χ2n) is 4.53. The molecule has 0 unspecified atom stereocenters. The van der Waals surface area contributed by atoms with Crippen molar-refractivity contribution in [3.63, 3.8) is 0 Å². The van der Waals surface area contributed by atoms with Crippen molar-refractivity contribution < 1.29 is 18.3 Å². The molecule has 3 nitrogen and oxygen atoms in total. The molecule has 22 heavy (non-hydrogen) atoms. The molecule has 0 spiro atoms. The number of amides is 1. The quantitative estimate of drug-likeness (QED) is 0.868. The summed E-state index contributed by atoms with van der Waals surface area (Å²) in [5.41, 5.74) is 1.92. The van der Waals surface area contributed by atoms with Crippen molar-refractivity contribution >= 4 is 29.0 Å². The van der Waals surface area contributed by atoms with Gasteiger partial charge in [0.1, 0.15) is 5.75 Å². The number of carbonyl (C=O) groups is 1. The predicted octanol–water partition coefficient (Wildman–Crippen LogP) is 3.90. The Hall–Kier alpha value is -2.47. The van der Waals surface area contributed by atoms with Gasteiger partial charge >= 0.3 is 6.61 Å². The lowest BCUT2D eigenvalue weighted by molar-refractivity contribution is -0.115. The highest BCUT2D eigenvalue weighted by atomic mass is 32.1. The third-order valence-electron chi connectivity index (χ3n) is 3.04. The van der Waals surface area contributed by atoms with Crippen LogP contribution in [0, 0.1) is 0 Å². The number of alkyl halides is 2. The van der Waals surface area contributed by atoms with E-state index in [1.54, 1.807) is 35.6 Å². The molecular weight excluding hydrogens is 308 g/mol.